The number of aromatic nitrogens is 1. The number of nitrogens with zero attached hydrogens (tertiary/aromatic N) is 2. The van der Waals surface area contributed by atoms with Crippen LogP contribution >= 0.6 is 0 Å². The molecule has 1 aromatic heterocycles. The fourth-order valence-corrected chi connectivity index (χ4v) is 2.03. The summed E-state index contributed by atoms with van der Waals surface area (Å²) in [6.45, 7) is 4.54. The van der Waals surface area contributed by atoms with Crippen LogP contribution in [0.5, 0.6) is 0 Å². The van der Waals surface area contributed by atoms with Crippen LogP contribution in [-0.4, -0.2) is 29.1 Å². The molecule has 2 rings (SSSR count). The number of halogens is 2. The van der Waals surface area contributed by atoms with Crippen molar-refractivity contribution in [1.29, 1.82) is 0 Å². The summed E-state index contributed by atoms with van der Waals surface area (Å²) in [5.74, 6) is -1.49. The molecule has 3 N–H and O–H groups in total. The van der Waals surface area contributed by atoms with Crippen LogP contribution in [0.3, 0.4) is 0 Å². The average Bonchev–Trinajstić information content (AvgIpc) is 2.64. The molecule has 0 spiro atoms. The number of aliphatic imine (C=N–C) groups is 1. The lowest BCUT2D eigenvalue weighted by atomic mass is 10.1. The van der Waals surface area contributed by atoms with E-state index < -0.39 is 17.7 Å². The van der Waals surface area contributed by atoms with Gasteiger partial charge in [0.25, 0.3) is 0 Å². The van der Waals surface area contributed by atoms with Crippen molar-refractivity contribution >= 4 is 5.96 Å². The summed E-state index contributed by atoms with van der Waals surface area (Å²) >= 11 is 0. The van der Waals surface area contributed by atoms with Crippen LogP contribution in [0.2, 0.25) is 0 Å². The van der Waals surface area contributed by atoms with Gasteiger partial charge < -0.3 is 15.7 Å². The van der Waals surface area contributed by atoms with Crippen molar-refractivity contribution in [2.75, 3.05) is 13.1 Å². The van der Waals surface area contributed by atoms with Crippen molar-refractivity contribution in [2.45, 2.75) is 12.6 Å². The minimum atomic E-state index is -1.01. The second kappa shape index (κ2) is 9.48. The van der Waals surface area contributed by atoms with E-state index in [-0.39, 0.29) is 12.1 Å². The molecule has 1 unspecified atom stereocenters. The van der Waals surface area contributed by atoms with E-state index in [1.54, 1.807) is 12.3 Å². The van der Waals surface area contributed by atoms with Gasteiger partial charge in [0.1, 0.15) is 0 Å². The molecule has 0 amide bonds. The lowest BCUT2D eigenvalue weighted by molar-refractivity contribution is 0.180. The number of hydrogen-bond donors (Lipinski definition) is 3. The lowest BCUT2D eigenvalue weighted by Gasteiger charge is -2.15. The minimum absolute atomic E-state index is 0.0796. The van der Waals surface area contributed by atoms with E-state index in [0.717, 1.165) is 17.8 Å². The van der Waals surface area contributed by atoms with Crippen molar-refractivity contribution in [3.63, 3.8) is 0 Å². The highest BCUT2D eigenvalue weighted by molar-refractivity contribution is 5.79. The average molecular weight is 346 g/mol. The van der Waals surface area contributed by atoms with Crippen LogP contribution in [-0.2, 0) is 6.54 Å². The van der Waals surface area contributed by atoms with Gasteiger partial charge in [-0.1, -0.05) is 18.2 Å². The topological polar surface area (TPSA) is 69.5 Å². The molecular formula is C18H20F2N4O. The highest BCUT2D eigenvalue weighted by atomic mass is 19.2. The monoisotopic (exact) mass is 346 g/mol. The van der Waals surface area contributed by atoms with Crippen LogP contribution in [0.25, 0.3) is 0 Å². The van der Waals surface area contributed by atoms with E-state index in [1.807, 2.05) is 18.2 Å². The maximum atomic E-state index is 13.3. The molecule has 1 atom stereocenters. The molecule has 0 fully saturated rings. The number of aliphatic hydroxyl groups excluding tert-OH is 1. The zero-order chi connectivity index (χ0) is 18.1. The molecule has 7 heteroatoms. The van der Waals surface area contributed by atoms with Crippen LogP contribution < -0.4 is 10.6 Å². The van der Waals surface area contributed by atoms with Crippen LogP contribution in [0.15, 0.2) is 60.2 Å². The molecule has 1 heterocycles. The number of pyridine rings is 1. The van der Waals surface area contributed by atoms with E-state index in [1.165, 1.54) is 6.07 Å². The van der Waals surface area contributed by atoms with Gasteiger partial charge in [0.2, 0.25) is 0 Å². The molecule has 0 saturated heterocycles. The normalized spacial score (nSPS) is 12.5. The van der Waals surface area contributed by atoms with Gasteiger partial charge in [0.15, 0.2) is 17.6 Å². The summed E-state index contributed by atoms with van der Waals surface area (Å²) in [5, 5.41) is 16.1. The van der Waals surface area contributed by atoms with E-state index in [2.05, 4.69) is 27.2 Å². The van der Waals surface area contributed by atoms with Gasteiger partial charge in [0.05, 0.1) is 18.3 Å². The summed E-state index contributed by atoms with van der Waals surface area (Å²) < 4.78 is 26.2. The first-order valence-electron chi connectivity index (χ1n) is 7.76. The molecule has 132 valence electrons. The van der Waals surface area contributed by atoms with Crippen molar-refractivity contribution in [1.82, 2.24) is 15.6 Å². The summed E-state index contributed by atoms with van der Waals surface area (Å²) in [6, 6.07) is 8.84. The number of hydrogen-bond acceptors (Lipinski definition) is 3. The first kappa shape index (κ1) is 18.5. The number of benzene rings is 1. The van der Waals surface area contributed by atoms with Gasteiger partial charge in [-0.2, -0.15) is 0 Å². The van der Waals surface area contributed by atoms with Gasteiger partial charge in [-0.15, -0.1) is 6.58 Å². The number of nitrogens with one attached hydrogen (secondary N) is 2. The Labute approximate surface area is 145 Å². The molecule has 25 heavy (non-hydrogen) atoms. The zero-order valence-corrected chi connectivity index (χ0v) is 13.6. The van der Waals surface area contributed by atoms with E-state index in [9.17, 15) is 13.9 Å². The maximum Gasteiger partial charge on any atom is 0.192 e. The molecule has 0 aliphatic rings. The summed E-state index contributed by atoms with van der Waals surface area (Å²) in [4.78, 5) is 8.55. The predicted molar refractivity (Wildman–Crippen MR) is 92.9 cm³/mol. The fraction of sp³-hybridized carbons (Fsp3) is 0.222. The van der Waals surface area contributed by atoms with Crippen LogP contribution in [0, 0.1) is 11.6 Å². The molecule has 0 saturated carbocycles. The predicted octanol–water partition coefficient (Wildman–Crippen LogP) is 2.31. The Morgan fingerprint density at radius 3 is 2.76 bits per heavy atom. The Balaban J connectivity index is 1.98. The van der Waals surface area contributed by atoms with Crippen LogP contribution in [0.4, 0.5) is 8.78 Å². The van der Waals surface area contributed by atoms with E-state index in [4.69, 9.17) is 0 Å². The Hall–Kier alpha value is -2.80. The fourth-order valence-electron chi connectivity index (χ4n) is 2.03. The Morgan fingerprint density at radius 1 is 1.24 bits per heavy atom. The first-order chi connectivity index (χ1) is 12.1. The van der Waals surface area contributed by atoms with E-state index in [0.29, 0.717) is 19.0 Å². The quantitative estimate of drug-likeness (QED) is 0.409. The summed E-state index contributed by atoms with van der Waals surface area (Å²) in [6.07, 6.45) is 2.34. The van der Waals surface area contributed by atoms with Gasteiger partial charge in [-0.05, 0) is 29.8 Å². The largest absolute Gasteiger partial charge is 0.387 e. The van der Waals surface area contributed by atoms with Crippen molar-refractivity contribution < 1.29 is 13.9 Å². The van der Waals surface area contributed by atoms with Gasteiger partial charge >= 0.3 is 0 Å². The minimum Gasteiger partial charge on any atom is -0.387 e. The Kier molecular flexibility index (Phi) is 7.03. The van der Waals surface area contributed by atoms with Gasteiger partial charge in [-0.25, -0.2) is 13.8 Å². The maximum absolute atomic E-state index is 13.3. The molecule has 5 nitrogen and oxygen atoms in total. The molecule has 2 aromatic rings. The third kappa shape index (κ3) is 5.96. The van der Waals surface area contributed by atoms with Crippen LogP contribution in [0.1, 0.15) is 17.4 Å². The molecule has 0 bridgehead atoms. The third-order valence-electron chi connectivity index (χ3n) is 3.33. The Bertz CT molecular complexity index is 722. The first-order valence-corrected chi connectivity index (χ1v) is 7.76. The van der Waals surface area contributed by atoms with Crippen molar-refractivity contribution in [3.05, 3.63) is 78.1 Å². The number of rotatable bonds is 7. The second-order valence-corrected chi connectivity index (χ2v) is 5.23. The standard InChI is InChI=1S/C18H20F2N4O/c1-2-8-22-18(23-11-14-5-3-4-9-21-14)24-12-17(25)13-6-7-15(19)16(20)10-13/h2-7,9-10,17,25H,1,8,11-12H2,(H2,22,23,24). The van der Waals surface area contributed by atoms with Gasteiger partial charge in [0, 0.05) is 19.3 Å². The summed E-state index contributed by atoms with van der Waals surface area (Å²) in [5.41, 5.74) is 1.07. The number of aliphatic hydroxyl groups is 1. The molecule has 0 aliphatic carbocycles. The molecule has 0 radical (unpaired) electrons. The highest BCUT2D eigenvalue weighted by Gasteiger charge is 2.11. The lowest BCUT2D eigenvalue weighted by Crippen LogP contribution is -2.39. The highest BCUT2D eigenvalue weighted by Crippen LogP contribution is 2.15. The number of guanidine groups is 1. The second-order valence-electron chi connectivity index (χ2n) is 5.23. The molecular weight excluding hydrogens is 326 g/mol. The summed E-state index contributed by atoms with van der Waals surface area (Å²) in [7, 11) is 0. The third-order valence-corrected chi connectivity index (χ3v) is 3.33. The van der Waals surface area contributed by atoms with E-state index >= 15 is 0 Å². The SMILES string of the molecule is C=CCNC(=NCc1ccccn1)NCC(O)c1ccc(F)c(F)c1. The van der Waals surface area contributed by atoms with Crippen molar-refractivity contribution in [3.8, 4) is 0 Å². The smallest absolute Gasteiger partial charge is 0.192 e. The molecule has 0 aliphatic heterocycles. The molecule has 1 aromatic carbocycles. The van der Waals surface area contributed by atoms with Crippen molar-refractivity contribution in [2.24, 2.45) is 4.99 Å². The van der Waals surface area contributed by atoms with Gasteiger partial charge in [-0.3, -0.25) is 4.98 Å². The zero-order valence-electron chi connectivity index (χ0n) is 13.6. The Morgan fingerprint density at radius 2 is 2.08 bits per heavy atom.